The van der Waals surface area contributed by atoms with Gasteiger partial charge >= 0.3 is 0 Å². The van der Waals surface area contributed by atoms with Crippen molar-refractivity contribution in [3.63, 3.8) is 0 Å². The smallest absolute Gasteiger partial charge is 0.151 e. The molecule has 0 spiro atoms. The standard InChI is InChI=1S/C6H13NO2S.ClH/c1-6-4-7-2-3-10(8,9)5-6;/h6-7H,2-5H2,1H3;1H. The number of hydrogen-bond acceptors (Lipinski definition) is 3. The van der Waals surface area contributed by atoms with Crippen molar-refractivity contribution in [1.82, 2.24) is 5.32 Å². The van der Waals surface area contributed by atoms with Crippen molar-refractivity contribution in [3.8, 4) is 0 Å². The Bertz CT molecular complexity index is 203. The molecule has 0 bridgehead atoms. The van der Waals surface area contributed by atoms with E-state index in [9.17, 15) is 8.42 Å². The average molecular weight is 200 g/mol. The monoisotopic (exact) mass is 199 g/mol. The largest absolute Gasteiger partial charge is 0.315 e. The SMILES string of the molecule is CC1CNCCS(=O)(=O)C1.Cl. The van der Waals surface area contributed by atoms with Gasteiger partial charge in [-0.2, -0.15) is 0 Å². The molecule has 1 unspecified atom stereocenters. The van der Waals surface area contributed by atoms with Gasteiger partial charge in [0.2, 0.25) is 0 Å². The first-order valence-electron chi connectivity index (χ1n) is 3.51. The number of halogens is 1. The summed E-state index contributed by atoms with van der Waals surface area (Å²) in [6, 6.07) is 0. The highest BCUT2D eigenvalue weighted by atomic mass is 35.5. The van der Waals surface area contributed by atoms with Gasteiger partial charge in [0.1, 0.15) is 0 Å². The normalized spacial score (nSPS) is 30.1. The third kappa shape index (κ3) is 3.94. The van der Waals surface area contributed by atoms with Crippen molar-refractivity contribution in [3.05, 3.63) is 0 Å². The Hall–Kier alpha value is 0.200. The third-order valence-corrected chi connectivity index (χ3v) is 3.52. The minimum atomic E-state index is -2.73. The maximum atomic E-state index is 11.0. The summed E-state index contributed by atoms with van der Waals surface area (Å²) in [5.41, 5.74) is 0. The lowest BCUT2D eigenvalue weighted by Gasteiger charge is -2.04. The van der Waals surface area contributed by atoms with E-state index in [2.05, 4.69) is 5.32 Å². The Morgan fingerprint density at radius 3 is 2.73 bits per heavy atom. The Labute approximate surface area is 73.9 Å². The van der Waals surface area contributed by atoms with Gasteiger partial charge in [-0.15, -0.1) is 12.4 Å². The molecule has 5 heteroatoms. The minimum Gasteiger partial charge on any atom is -0.315 e. The van der Waals surface area contributed by atoms with Crippen LogP contribution in [0.5, 0.6) is 0 Å². The zero-order chi connectivity index (χ0) is 7.61. The highest BCUT2D eigenvalue weighted by Gasteiger charge is 2.18. The second kappa shape index (κ2) is 4.28. The van der Waals surface area contributed by atoms with Crippen LogP contribution in [0.2, 0.25) is 0 Å². The van der Waals surface area contributed by atoms with Crippen LogP contribution in [0, 0.1) is 5.92 Å². The fraction of sp³-hybridized carbons (Fsp3) is 1.00. The molecule has 1 aliphatic rings. The summed E-state index contributed by atoms with van der Waals surface area (Å²) in [6.45, 7) is 3.40. The predicted molar refractivity (Wildman–Crippen MR) is 47.9 cm³/mol. The van der Waals surface area contributed by atoms with E-state index < -0.39 is 9.84 Å². The second-order valence-corrected chi connectivity index (χ2v) is 5.15. The molecular formula is C6H14ClNO2S. The molecule has 11 heavy (non-hydrogen) atoms. The van der Waals surface area contributed by atoms with E-state index in [1.165, 1.54) is 0 Å². The van der Waals surface area contributed by atoms with Gasteiger partial charge in [0.25, 0.3) is 0 Å². The molecule has 0 aromatic carbocycles. The van der Waals surface area contributed by atoms with Crippen molar-refractivity contribution in [2.24, 2.45) is 5.92 Å². The predicted octanol–water partition coefficient (Wildman–Crippen LogP) is 0.0623. The first-order valence-corrected chi connectivity index (χ1v) is 5.33. The molecule has 0 aromatic heterocycles. The molecule has 1 N–H and O–H groups in total. The molecule has 1 fully saturated rings. The van der Waals surface area contributed by atoms with Gasteiger partial charge in [0.05, 0.1) is 11.5 Å². The molecule has 0 radical (unpaired) electrons. The summed E-state index contributed by atoms with van der Waals surface area (Å²) in [5.74, 6) is 0.921. The lowest BCUT2D eigenvalue weighted by Crippen LogP contribution is -2.20. The van der Waals surface area contributed by atoms with Crippen LogP contribution >= 0.6 is 12.4 Å². The van der Waals surface area contributed by atoms with E-state index in [0.717, 1.165) is 6.54 Å². The second-order valence-electron chi connectivity index (χ2n) is 2.92. The average Bonchev–Trinajstić information content (AvgIpc) is 1.90. The Morgan fingerprint density at radius 2 is 2.09 bits per heavy atom. The zero-order valence-electron chi connectivity index (χ0n) is 6.54. The first kappa shape index (κ1) is 11.2. The molecule has 1 atom stereocenters. The number of rotatable bonds is 0. The molecule has 1 heterocycles. The van der Waals surface area contributed by atoms with Crippen molar-refractivity contribution in [1.29, 1.82) is 0 Å². The molecule has 1 aliphatic heterocycles. The van der Waals surface area contributed by atoms with Crippen LogP contribution in [0.15, 0.2) is 0 Å². The van der Waals surface area contributed by atoms with E-state index in [1.54, 1.807) is 0 Å². The molecular weight excluding hydrogens is 186 g/mol. The molecule has 68 valence electrons. The number of hydrogen-bond donors (Lipinski definition) is 1. The van der Waals surface area contributed by atoms with Gasteiger partial charge in [-0.05, 0) is 12.5 Å². The molecule has 3 nitrogen and oxygen atoms in total. The fourth-order valence-corrected chi connectivity index (χ4v) is 2.76. The summed E-state index contributed by atoms with van der Waals surface area (Å²) >= 11 is 0. The Kier molecular flexibility index (Phi) is 4.36. The third-order valence-electron chi connectivity index (χ3n) is 1.62. The van der Waals surface area contributed by atoms with Gasteiger partial charge < -0.3 is 5.32 Å². The van der Waals surface area contributed by atoms with E-state index >= 15 is 0 Å². The molecule has 0 aliphatic carbocycles. The van der Waals surface area contributed by atoms with Crippen LogP contribution < -0.4 is 5.32 Å². The lowest BCUT2D eigenvalue weighted by molar-refractivity contribution is 0.568. The summed E-state index contributed by atoms with van der Waals surface area (Å²) in [6.07, 6.45) is 0. The van der Waals surface area contributed by atoms with Crippen molar-refractivity contribution in [2.75, 3.05) is 24.6 Å². The number of sulfone groups is 1. The topological polar surface area (TPSA) is 46.2 Å². The van der Waals surface area contributed by atoms with Crippen molar-refractivity contribution in [2.45, 2.75) is 6.92 Å². The first-order chi connectivity index (χ1) is 4.60. The van der Waals surface area contributed by atoms with Gasteiger partial charge in [-0.3, -0.25) is 0 Å². The van der Waals surface area contributed by atoms with Crippen LogP contribution in [-0.4, -0.2) is 33.0 Å². The quantitative estimate of drug-likeness (QED) is 0.601. The Morgan fingerprint density at radius 1 is 1.45 bits per heavy atom. The van der Waals surface area contributed by atoms with Gasteiger partial charge in [0, 0.05) is 6.54 Å². The van der Waals surface area contributed by atoms with Crippen LogP contribution in [0.4, 0.5) is 0 Å². The molecule has 0 aromatic rings. The Balaban J connectivity index is 0.000001000. The highest BCUT2D eigenvalue weighted by molar-refractivity contribution is 7.91. The highest BCUT2D eigenvalue weighted by Crippen LogP contribution is 2.03. The maximum absolute atomic E-state index is 11.0. The van der Waals surface area contributed by atoms with Crippen LogP contribution in [0.25, 0.3) is 0 Å². The van der Waals surface area contributed by atoms with E-state index in [0.29, 0.717) is 18.1 Å². The minimum absolute atomic E-state index is 0. The fourth-order valence-electron chi connectivity index (χ4n) is 1.15. The van der Waals surface area contributed by atoms with Crippen LogP contribution in [0.3, 0.4) is 0 Å². The zero-order valence-corrected chi connectivity index (χ0v) is 8.17. The maximum Gasteiger partial charge on any atom is 0.151 e. The molecule has 0 saturated carbocycles. The molecule has 0 amide bonds. The van der Waals surface area contributed by atoms with E-state index in [-0.39, 0.29) is 18.3 Å². The van der Waals surface area contributed by atoms with Gasteiger partial charge in [-0.25, -0.2) is 8.42 Å². The van der Waals surface area contributed by atoms with Crippen LogP contribution in [-0.2, 0) is 9.84 Å². The summed E-state index contributed by atoms with van der Waals surface area (Å²) in [4.78, 5) is 0. The summed E-state index contributed by atoms with van der Waals surface area (Å²) in [5, 5.41) is 3.07. The summed E-state index contributed by atoms with van der Waals surface area (Å²) in [7, 11) is -2.73. The van der Waals surface area contributed by atoms with Gasteiger partial charge in [0.15, 0.2) is 9.84 Å². The molecule has 1 saturated heterocycles. The lowest BCUT2D eigenvalue weighted by atomic mass is 10.2. The number of nitrogens with one attached hydrogen (secondary N) is 1. The van der Waals surface area contributed by atoms with Crippen LogP contribution in [0.1, 0.15) is 6.92 Å². The molecule has 1 rings (SSSR count). The van der Waals surface area contributed by atoms with E-state index in [1.807, 2.05) is 6.92 Å². The summed E-state index contributed by atoms with van der Waals surface area (Å²) < 4.78 is 22.1. The van der Waals surface area contributed by atoms with Crippen molar-refractivity contribution < 1.29 is 8.42 Å². The van der Waals surface area contributed by atoms with Crippen molar-refractivity contribution >= 4 is 22.2 Å². The van der Waals surface area contributed by atoms with Gasteiger partial charge in [-0.1, -0.05) is 6.92 Å². The van der Waals surface area contributed by atoms with E-state index in [4.69, 9.17) is 0 Å².